The first kappa shape index (κ1) is 18.4. The third-order valence-electron chi connectivity index (χ3n) is 3.47. The van der Waals surface area contributed by atoms with Crippen molar-refractivity contribution in [2.45, 2.75) is 13.3 Å². The monoisotopic (exact) mass is 490 g/mol. The van der Waals surface area contributed by atoms with Gasteiger partial charge in [-0.1, -0.05) is 0 Å². The molecule has 0 saturated carbocycles. The number of hydrazone groups is 2. The Morgan fingerprint density at radius 3 is 2.17 bits per heavy atom. The molecule has 0 aromatic heterocycles. The van der Waals surface area contributed by atoms with Crippen LogP contribution < -0.4 is 5.32 Å². The van der Waals surface area contributed by atoms with Crippen molar-refractivity contribution in [3.8, 4) is 0 Å². The first-order valence-electron chi connectivity index (χ1n) is 7.95. The van der Waals surface area contributed by atoms with E-state index in [0.717, 1.165) is 24.2 Å². The predicted octanol–water partition coefficient (Wildman–Crippen LogP) is 3.03. The molecule has 5 heteroatoms. The van der Waals surface area contributed by atoms with Crippen LogP contribution in [0.1, 0.15) is 24.5 Å². The average Bonchev–Trinajstić information content (AvgIpc) is 2.65. The second-order valence-corrected chi connectivity index (χ2v) is 6.59. The van der Waals surface area contributed by atoms with E-state index in [1.165, 1.54) is 28.9 Å². The Balaban J connectivity index is 1.93. The van der Waals surface area contributed by atoms with Crippen LogP contribution in [0.3, 0.4) is 0 Å². The molecule has 0 aliphatic rings. The fraction of sp³-hybridized carbons (Fsp3) is 0.211. The fourth-order valence-corrected chi connectivity index (χ4v) is 3.07. The van der Waals surface area contributed by atoms with Gasteiger partial charge in [0.05, 0.1) is 0 Å². The Bertz CT molecular complexity index is 683. The Morgan fingerprint density at radius 1 is 1.04 bits per heavy atom. The summed E-state index contributed by atoms with van der Waals surface area (Å²) in [5.41, 5.74) is 3.36. The number of nitrogens with one attached hydrogen (secondary N) is 1. The zero-order valence-corrected chi connectivity index (χ0v) is 16.8. The number of benzene rings is 2. The molecule has 0 fully saturated rings. The van der Waals surface area contributed by atoms with E-state index in [9.17, 15) is 0 Å². The summed E-state index contributed by atoms with van der Waals surface area (Å²) < 4.78 is 1.22. The molecule has 24 heavy (non-hydrogen) atoms. The van der Waals surface area contributed by atoms with Gasteiger partial charge in [-0.3, -0.25) is 0 Å². The Labute approximate surface area is 154 Å². The van der Waals surface area contributed by atoms with Crippen molar-refractivity contribution in [3.63, 3.8) is 0 Å². The van der Waals surface area contributed by atoms with Gasteiger partial charge >= 0.3 is 155 Å². The molecule has 2 aromatic rings. The van der Waals surface area contributed by atoms with Crippen LogP contribution in [0.15, 0.2) is 70.9 Å². The van der Waals surface area contributed by atoms with Crippen molar-refractivity contribution in [2.75, 3.05) is 13.1 Å². The second kappa shape index (κ2) is 10.1. The summed E-state index contributed by atoms with van der Waals surface area (Å²) in [7, 11) is 0. The number of nitrogens with zero attached hydrogens (tertiary/aromatic N) is 3. The zero-order valence-electron chi connectivity index (χ0n) is 13.9. The summed E-state index contributed by atoms with van der Waals surface area (Å²) in [6.45, 7) is 7.17. The van der Waals surface area contributed by atoms with E-state index in [4.69, 9.17) is 0 Å². The van der Waals surface area contributed by atoms with Gasteiger partial charge in [0, 0.05) is 0 Å². The van der Waals surface area contributed by atoms with Crippen molar-refractivity contribution >= 4 is 16.5 Å². The maximum absolute atomic E-state index is 4.63. The van der Waals surface area contributed by atoms with Gasteiger partial charge in [0.1, 0.15) is 0 Å². The molecule has 0 atom stereocenters. The molecule has 0 amide bonds. The normalized spacial score (nSPS) is 11.1. The van der Waals surface area contributed by atoms with Crippen molar-refractivity contribution in [2.24, 2.45) is 10.2 Å². The van der Waals surface area contributed by atoms with Gasteiger partial charge in [-0.05, 0) is 0 Å². The third kappa shape index (κ3) is 5.63. The molecule has 0 aliphatic heterocycles. The summed E-state index contributed by atoms with van der Waals surface area (Å²) in [6.07, 6.45) is 0.850. The molecule has 4 nitrogen and oxygen atoms in total. The molecule has 0 bridgehead atoms. The molecule has 2 aromatic carbocycles. The van der Waals surface area contributed by atoms with Crippen LogP contribution in [0.25, 0.3) is 0 Å². The molecule has 0 unspecified atom stereocenters. The molecule has 0 spiro atoms. The quantitative estimate of drug-likeness (QED) is 0.434. The van der Waals surface area contributed by atoms with E-state index in [2.05, 4.69) is 65.6 Å². The van der Waals surface area contributed by atoms with Gasteiger partial charge in [-0.2, -0.15) is 0 Å². The van der Waals surface area contributed by atoms with Gasteiger partial charge < -0.3 is 0 Å². The van der Waals surface area contributed by atoms with Gasteiger partial charge in [0.15, 0.2) is 0 Å². The van der Waals surface area contributed by atoms with Crippen molar-refractivity contribution in [1.29, 1.82) is 0 Å². The average molecular weight is 490 g/mol. The minimum atomic E-state index is 0.670. The standard InChI is InChI=1S/C19H22N4.W/c1-3-19(18-12-8-5-9-13-18)22-23(20-2)15-14-21-16-17-10-6-4-7-11-17;/h4-13,21H,2-3,14-15H2,1H3;/b22-19+;. The second-order valence-electron chi connectivity index (χ2n) is 5.13. The molecule has 0 saturated heterocycles. The van der Waals surface area contributed by atoms with Crippen LogP contribution >= 0.6 is 0 Å². The van der Waals surface area contributed by atoms with Gasteiger partial charge in [0.2, 0.25) is 0 Å². The minimum absolute atomic E-state index is 0.670. The third-order valence-corrected chi connectivity index (χ3v) is 4.84. The van der Waals surface area contributed by atoms with E-state index in [-0.39, 0.29) is 0 Å². The molecule has 1 N–H and O–H groups in total. The summed E-state index contributed by atoms with van der Waals surface area (Å²) >= 11 is 1.41. The Morgan fingerprint density at radius 2 is 1.62 bits per heavy atom. The van der Waals surface area contributed by atoms with Crippen LogP contribution in [-0.4, -0.2) is 34.7 Å². The zero-order chi connectivity index (χ0) is 17.2. The summed E-state index contributed by atoms with van der Waals surface area (Å²) in [5.74, 6) is 0. The molecule has 0 aliphatic carbocycles. The van der Waals surface area contributed by atoms with E-state index in [0.29, 0.717) is 6.54 Å². The van der Waals surface area contributed by atoms with E-state index >= 15 is 0 Å². The molecule has 0 heterocycles. The van der Waals surface area contributed by atoms with Crippen LogP contribution in [0.4, 0.5) is 0 Å². The predicted molar refractivity (Wildman–Crippen MR) is 98.1 cm³/mol. The Kier molecular flexibility index (Phi) is 7.73. The van der Waals surface area contributed by atoms with Gasteiger partial charge in [-0.15, -0.1) is 0 Å². The molecule has 0 radical (unpaired) electrons. The van der Waals surface area contributed by atoms with Crippen LogP contribution in [0, 0.1) is 0 Å². The van der Waals surface area contributed by atoms with Crippen LogP contribution in [-0.2, 0) is 19.4 Å². The summed E-state index contributed by atoms with van der Waals surface area (Å²) in [4.78, 5) is 0. The number of hydrogen-bond acceptors (Lipinski definition) is 4. The molecule has 124 valence electrons. The summed E-state index contributed by atoms with van der Waals surface area (Å²) in [5, 5.41) is 13.8. The Hall–Kier alpha value is -1.90. The van der Waals surface area contributed by atoms with E-state index in [1.54, 1.807) is 5.12 Å². The van der Waals surface area contributed by atoms with Gasteiger partial charge in [-0.25, -0.2) is 0 Å². The molecule has 2 rings (SSSR count). The number of rotatable bonds is 9. The van der Waals surface area contributed by atoms with E-state index in [1.807, 2.05) is 24.3 Å². The van der Waals surface area contributed by atoms with Crippen LogP contribution in [0.2, 0.25) is 0 Å². The molecular weight excluding hydrogens is 468 g/mol. The SMILES string of the molecule is C=NN(CCN[C](=[W])c1ccccc1)/N=C(\CC)c1ccccc1. The van der Waals surface area contributed by atoms with E-state index < -0.39 is 0 Å². The number of hydrogen-bond donors (Lipinski definition) is 1. The summed E-state index contributed by atoms with van der Waals surface area (Å²) in [6, 6.07) is 20.5. The van der Waals surface area contributed by atoms with Crippen LogP contribution in [0.5, 0.6) is 0 Å². The fourth-order valence-electron chi connectivity index (χ4n) is 2.22. The maximum atomic E-state index is 4.63. The molecular formula is C19H22N4W. The first-order chi connectivity index (χ1) is 11.7. The van der Waals surface area contributed by atoms with Crippen molar-refractivity contribution in [1.82, 2.24) is 10.4 Å². The van der Waals surface area contributed by atoms with Gasteiger partial charge in [0.25, 0.3) is 0 Å². The van der Waals surface area contributed by atoms with Crippen molar-refractivity contribution < 1.29 is 19.4 Å². The topological polar surface area (TPSA) is 40.0 Å². The first-order valence-corrected chi connectivity index (χ1v) is 9.41. The van der Waals surface area contributed by atoms with Crippen molar-refractivity contribution in [3.05, 3.63) is 71.8 Å².